The van der Waals surface area contributed by atoms with Crippen molar-refractivity contribution in [2.45, 2.75) is 0 Å². The number of benzene rings is 9. The molecule has 56 heavy (non-hydrogen) atoms. The van der Waals surface area contributed by atoms with E-state index in [1.807, 2.05) is 24.3 Å². The normalized spacial score (nSPS) is 11.9. The molecule has 0 bridgehead atoms. The molecule has 12 rings (SSSR count). The van der Waals surface area contributed by atoms with Crippen molar-refractivity contribution in [3.63, 3.8) is 0 Å². The van der Waals surface area contributed by atoms with Crippen LogP contribution < -0.4 is 4.90 Å². The molecule has 4 heteroatoms. The summed E-state index contributed by atoms with van der Waals surface area (Å²) in [6, 6.07) is 69.1. The minimum absolute atomic E-state index is 0.858. The maximum Gasteiger partial charge on any atom is 0.137 e. The van der Waals surface area contributed by atoms with Crippen LogP contribution >= 0.6 is 0 Å². The van der Waals surface area contributed by atoms with Crippen molar-refractivity contribution in [2.75, 3.05) is 4.90 Å². The molecule has 12 aromatic rings. The van der Waals surface area contributed by atoms with Gasteiger partial charge in [0.05, 0.1) is 11.0 Å². The van der Waals surface area contributed by atoms with Crippen LogP contribution in [0.1, 0.15) is 0 Å². The number of fused-ring (bicyclic) bond motifs is 11. The first-order valence-corrected chi connectivity index (χ1v) is 19.0. The molecule has 0 aliphatic rings. The highest BCUT2D eigenvalue weighted by molar-refractivity contribution is 6.18. The maximum atomic E-state index is 6.37. The summed E-state index contributed by atoms with van der Waals surface area (Å²) >= 11 is 0. The van der Waals surface area contributed by atoms with Crippen molar-refractivity contribution >= 4 is 93.5 Å². The summed E-state index contributed by atoms with van der Waals surface area (Å²) in [7, 11) is 0. The largest absolute Gasteiger partial charge is 0.456 e. The number of nitrogens with zero attached hydrogens (tertiary/aromatic N) is 2. The van der Waals surface area contributed by atoms with E-state index in [9.17, 15) is 0 Å². The third-order valence-electron chi connectivity index (χ3n) is 11.4. The Kier molecular flexibility index (Phi) is 6.60. The zero-order valence-electron chi connectivity index (χ0n) is 30.2. The van der Waals surface area contributed by atoms with Crippen molar-refractivity contribution < 1.29 is 8.83 Å². The summed E-state index contributed by atoms with van der Waals surface area (Å²) in [5.41, 5.74) is 12.5. The standard InChI is InChI=1S/C52H32N2O2/c1-2-10-40-35(9-1)21-28-45-41-11-3-6-14-47(41)54(52(40)45)37-24-19-34(20-25-37)33-17-22-36(23-18-33)53(38-27-30-50-46(31-38)43-13-5-8-16-49(43)55-50)39-26-29-44-42-12-4-7-15-48(42)56-51(44)32-39/h1-32H. The van der Waals surface area contributed by atoms with Gasteiger partial charge in [-0.3, -0.25) is 0 Å². The van der Waals surface area contributed by atoms with Crippen LogP contribution in [0, 0.1) is 0 Å². The van der Waals surface area contributed by atoms with Gasteiger partial charge < -0.3 is 18.3 Å². The molecule has 0 saturated heterocycles. The summed E-state index contributed by atoms with van der Waals surface area (Å²) in [5.74, 6) is 0. The fourth-order valence-electron chi connectivity index (χ4n) is 8.76. The number of hydrogen-bond acceptors (Lipinski definition) is 3. The Bertz CT molecular complexity index is 3480. The lowest BCUT2D eigenvalue weighted by atomic mass is 10.0. The van der Waals surface area contributed by atoms with E-state index in [0.29, 0.717) is 0 Å². The number of anilines is 3. The fourth-order valence-corrected chi connectivity index (χ4v) is 8.76. The molecule has 3 aromatic heterocycles. The van der Waals surface area contributed by atoms with Crippen LogP contribution in [0.2, 0.25) is 0 Å². The number of para-hydroxylation sites is 3. The van der Waals surface area contributed by atoms with Crippen molar-refractivity contribution in [1.82, 2.24) is 4.57 Å². The van der Waals surface area contributed by atoms with Crippen LogP contribution in [0.3, 0.4) is 0 Å². The molecule has 0 spiro atoms. The topological polar surface area (TPSA) is 34.5 Å². The van der Waals surface area contributed by atoms with E-state index in [1.54, 1.807) is 0 Å². The molecule has 0 fully saturated rings. The minimum Gasteiger partial charge on any atom is -0.456 e. The van der Waals surface area contributed by atoms with Crippen molar-refractivity contribution in [2.24, 2.45) is 0 Å². The predicted octanol–water partition coefficient (Wildman–Crippen LogP) is 14.9. The summed E-state index contributed by atoms with van der Waals surface area (Å²) in [5, 5.41) is 9.43. The van der Waals surface area contributed by atoms with E-state index >= 15 is 0 Å². The first kappa shape index (κ1) is 30.9. The van der Waals surface area contributed by atoms with Crippen LogP contribution in [0.5, 0.6) is 0 Å². The molecule has 0 saturated carbocycles. The molecule has 0 atom stereocenters. The van der Waals surface area contributed by atoms with Crippen LogP contribution in [-0.2, 0) is 0 Å². The van der Waals surface area contributed by atoms with Gasteiger partial charge in [-0.1, -0.05) is 115 Å². The summed E-state index contributed by atoms with van der Waals surface area (Å²) < 4.78 is 15.0. The van der Waals surface area contributed by atoms with Gasteiger partial charge in [0, 0.05) is 66.5 Å². The highest BCUT2D eigenvalue weighted by Crippen LogP contribution is 2.42. The van der Waals surface area contributed by atoms with Crippen LogP contribution in [0.25, 0.3) is 93.3 Å². The second-order valence-corrected chi connectivity index (χ2v) is 14.5. The molecule has 4 nitrogen and oxygen atoms in total. The second-order valence-electron chi connectivity index (χ2n) is 14.5. The molecule has 0 N–H and O–H groups in total. The van der Waals surface area contributed by atoms with Gasteiger partial charge in [-0.2, -0.15) is 0 Å². The van der Waals surface area contributed by atoms with Crippen LogP contribution in [-0.4, -0.2) is 4.57 Å². The molecule has 0 amide bonds. The van der Waals surface area contributed by atoms with Gasteiger partial charge >= 0.3 is 0 Å². The Morgan fingerprint density at radius 2 is 0.875 bits per heavy atom. The van der Waals surface area contributed by atoms with Gasteiger partial charge in [0.2, 0.25) is 0 Å². The Hall–Kier alpha value is -7.56. The Balaban J connectivity index is 0.960. The van der Waals surface area contributed by atoms with E-state index in [2.05, 4.69) is 179 Å². The molecule has 0 unspecified atom stereocenters. The van der Waals surface area contributed by atoms with Gasteiger partial charge in [0.25, 0.3) is 0 Å². The average Bonchev–Trinajstić information content (AvgIpc) is 3.93. The molecular formula is C52H32N2O2. The number of furan rings is 2. The average molecular weight is 717 g/mol. The molecule has 3 heterocycles. The highest BCUT2D eigenvalue weighted by atomic mass is 16.3. The first-order valence-electron chi connectivity index (χ1n) is 19.0. The highest BCUT2D eigenvalue weighted by Gasteiger charge is 2.19. The quantitative estimate of drug-likeness (QED) is 0.178. The van der Waals surface area contributed by atoms with Crippen LogP contribution in [0.15, 0.2) is 203 Å². The van der Waals surface area contributed by atoms with E-state index in [4.69, 9.17) is 8.83 Å². The van der Waals surface area contributed by atoms with Crippen molar-refractivity contribution in [1.29, 1.82) is 0 Å². The third kappa shape index (κ3) is 4.66. The van der Waals surface area contributed by atoms with Gasteiger partial charge in [0.15, 0.2) is 0 Å². The fraction of sp³-hybridized carbons (Fsp3) is 0. The summed E-state index contributed by atoms with van der Waals surface area (Å²) in [6.07, 6.45) is 0. The molecule has 9 aromatic carbocycles. The van der Waals surface area contributed by atoms with Gasteiger partial charge in [-0.15, -0.1) is 0 Å². The smallest absolute Gasteiger partial charge is 0.137 e. The third-order valence-corrected chi connectivity index (χ3v) is 11.4. The molecule has 0 radical (unpaired) electrons. The predicted molar refractivity (Wildman–Crippen MR) is 233 cm³/mol. The van der Waals surface area contributed by atoms with Crippen molar-refractivity contribution in [3.05, 3.63) is 194 Å². The Morgan fingerprint density at radius 1 is 0.339 bits per heavy atom. The lowest BCUT2D eigenvalue weighted by Crippen LogP contribution is -2.09. The molecule has 0 aliphatic heterocycles. The zero-order valence-corrected chi connectivity index (χ0v) is 30.2. The summed E-state index contributed by atoms with van der Waals surface area (Å²) in [6.45, 7) is 0. The zero-order chi connectivity index (χ0) is 36.7. The Morgan fingerprint density at radius 3 is 1.66 bits per heavy atom. The van der Waals surface area contributed by atoms with E-state index < -0.39 is 0 Å². The molecule has 262 valence electrons. The summed E-state index contributed by atoms with van der Waals surface area (Å²) in [4.78, 5) is 2.30. The number of hydrogen-bond donors (Lipinski definition) is 0. The SMILES string of the molecule is c1ccc2c(c1)ccc1c3ccccc3n(-c3ccc(-c4ccc(N(c5ccc6c(c5)oc5ccccc56)c5ccc6oc7ccccc7c6c5)cc4)cc3)c21. The van der Waals surface area contributed by atoms with Crippen LogP contribution in [0.4, 0.5) is 17.1 Å². The minimum atomic E-state index is 0.858. The monoisotopic (exact) mass is 716 g/mol. The lowest BCUT2D eigenvalue weighted by molar-refractivity contribution is 0.668. The lowest BCUT2D eigenvalue weighted by Gasteiger charge is -2.25. The Labute approximate surface area is 321 Å². The van der Waals surface area contributed by atoms with Gasteiger partial charge in [0.1, 0.15) is 22.3 Å². The van der Waals surface area contributed by atoms with E-state index in [0.717, 1.165) is 77.8 Å². The van der Waals surface area contributed by atoms with Crippen molar-refractivity contribution in [3.8, 4) is 16.8 Å². The molecular weight excluding hydrogens is 685 g/mol. The van der Waals surface area contributed by atoms with E-state index in [1.165, 1.54) is 32.6 Å². The first-order chi connectivity index (χ1) is 27.7. The van der Waals surface area contributed by atoms with Gasteiger partial charge in [-0.25, -0.2) is 0 Å². The van der Waals surface area contributed by atoms with Gasteiger partial charge in [-0.05, 0) is 89.3 Å². The van der Waals surface area contributed by atoms with E-state index in [-0.39, 0.29) is 0 Å². The number of aromatic nitrogens is 1. The maximum absolute atomic E-state index is 6.37. The molecule has 0 aliphatic carbocycles. The second kappa shape index (κ2) is 12.0. The number of rotatable bonds is 5.